The Morgan fingerprint density at radius 2 is 1.42 bits per heavy atom. The SMILES string of the molecule is CC(=O)OOP(=O)(OCC[N+](C)(C)C)OOC(C)=O. The van der Waals surface area contributed by atoms with Crippen LogP contribution in [0.15, 0.2) is 0 Å². The highest BCUT2D eigenvalue weighted by Crippen LogP contribution is 2.49. The molecule has 0 rings (SSSR count). The van der Waals surface area contributed by atoms with Crippen LogP contribution in [0.25, 0.3) is 0 Å². The number of hydrogen-bond donors (Lipinski definition) is 0. The first-order chi connectivity index (χ1) is 8.54. The zero-order valence-corrected chi connectivity index (χ0v) is 12.5. The van der Waals surface area contributed by atoms with Crippen molar-refractivity contribution in [2.75, 3.05) is 34.3 Å². The largest absolute Gasteiger partial charge is 0.547 e. The fourth-order valence-corrected chi connectivity index (χ4v) is 1.49. The number of carbonyl (C=O) groups excluding carboxylic acids is 2. The predicted molar refractivity (Wildman–Crippen MR) is 62.2 cm³/mol. The van der Waals surface area contributed by atoms with Gasteiger partial charge in [0.05, 0.1) is 21.1 Å². The first-order valence-electron chi connectivity index (χ1n) is 5.33. The lowest BCUT2D eigenvalue weighted by atomic mass is 10.5. The minimum absolute atomic E-state index is 0.0245. The summed E-state index contributed by atoms with van der Waals surface area (Å²) in [6, 6.07) is 0. The van der Waals surface area contributed by atoms with Crippen molar-refractivity contribution in [3.05, 3.63) is 0 Å². The van der Waals surface area contributed by atoms with E-state index in [9.17, 15) is 14.2 Å². The predicted octanol–water partition coefficient (Wildman–Crippen LogP) is 0.807. The lowest BCUT2D eigenvalue weighted by molar-refractivity contribution is -0.870. The van der Waals surface area contributed by atoms with E-state index in [1.165, 1.54) is 0 Å². The number of hydrogen-bond acceptors (Lipinski definition) is 8. The summed E-state index contributed by atoms with van der Waals surface area (Å²) in [7, 11) is 1.34. The Bertz CT molecular complexity index is 342. The van der Waals surface area contributed by atoms with Gasteiger partial charge in [-0.15, -0.1) is 0 Å². The van der Waals surface area contributed by atoms with Gasteiger partial charge in [0.25, 0.3) is 0 Å². The molecule has 0 aliphatic carbocycles. The molecule has 19 heavy (non-hydrogen) atoms. The number of likely N-dealkylation sites (N-methyl/N-ethyl adjacent to an activating group) is 1. The van der Waals surface area contributed by atoms with Crippen molar-refractivity contribution in [3.8, 4) is 0 Å². The van der Waals surface area contributed by atoms with Crippen LogP contribution in [0.4, 0.5) is 0 Å². The summed E-state index contributed by atoms with van der Waals surface area (Å²) < 4.78 is 25.7. The Labute approximate surface area is 111 Å². The van der Waals surface area contributed by atoms with Crippen molar-refractivity contribution in [3.63, 3.8) is 0 Å². The smallest absolute Gasteiger partial charge is 0.329 e. The van der Waals surface area contributed by atoms with Crippen LogP contribution in [0.3, 0.4) is 0 Å². The molecule has 0 aliphatic rings. The van der Waals surface area contributed by atoms with E-state index in [1.54, 1.807) is 0 Å². The van der Waals surface area contributed by atoms with Gasteiger partial charge in [-0.25, -0.2) is 14.2 Å². The molecular weight excluding hydrogens is 281 g/mol. The monoisotopic (exact) mass is 300 g/mol. The molecule has 9 nitrogen and oxygen atoms in total. The molecule has 0 saturated carbocycles. The van der Waals surface area contributed by atoms with E-state index >= 15 is 0 Å². The van der Waals surface area contributed by atoms with Crippen molar-refractivity contribution in [1.82, 2.24) is 0 Å². The molecule has 0 fully saturated rings. The summed E-state index contributed by atoms with van der Waals surface area (Å²) in [6.45, 7) is 2.50. The minimum atomic E-state index is -4.31. The fraction of sp³-hybridized carbons (Fsp3) is 0.778. The van der Waals surface area contributed by atoms with Crippen LogP contribution in [0, 0.1) is 0 Å². The van der Waals surface area contributed by atoms with Crippen molar-refractivity contribution in [2.24, 2.45) is 0 Å². The van der Waals surface area contributed by atoms with Gasteiger partial charge in [-0.2, -0.15) is 0 Å². The van der Waals surface area contributed by atoms with Crippen molar-refractivity contribution >= 4 is 19.8 Å². The maximum absolute atomic E-state index is 11.9. The highest BCUT2D eigenvalue weighted by atomic mass is 31.2. The summed E-state index contributed by atoms with van der Waals surface area (Å²) in [5.74, 6) is -1.72. The van der Waals surface area contributed by atoms with Crippen LogP contribution in [0.1, 0.15) is 13.8 Å². The Hall–Kier alpha value is -0.990. The first kappa shape index (κ1) is 18.0. The third-order valence-corrected chi connectivity index (χ3v) is 2.52. The zero-order chi connectivity index (χ0) is 15.1. The summed E-state index contributed by atoms with van der Waals surface area (Å²) in [5, 5.41) is 0. The van der Waals surface area contributed by atoms with E-state index in [0.29, 0.717) is 11.0 Å². The average molecular weight is 300 g/mol. The number of rotatable bonds is 8. The van der Waals surface area contributed by atoms with Crippen molar-refractivity contribution in [2.45, 2.75) is 13.8 Å². The van der Waals surface area contributed by atoms with Gasteiger partial charge in [0, 0.05) is 13.8 Å². The molecule has 0 bridgehead atoms. The Balaban J connectivity index is 4.43. The van der Waals surface area contributed by atoms with Crippen LogP contribution < -0.4 is 0 Å². The van der Waals surface area contributed by atoms with E-state index in [4.69, 9.17) is 4.52 Å². The topological polar surface area (TPSA) is 97.4 Å². The lowest BCUT2D eigenvalue weighted by Gasteiger charge is -2.24. The van der Waals surface area contributed by atoms with E-state index in [2.05, 4.69) is 19.1 Å². The molecule has 10 heteroatoms. The second kappa shape index (κ2) is 7.56. The maximum Gasteiger partial charge on any atom is 0.547 e. The quantitative estimate of drug-likeness (QED) is 0.281. The van der Waals surface area contributed by atoms with Crippen LogP contribution in [0.5, 0.6) is 0 Å². The van der Waals surface area contributed by atoms with Gasteiger partial charge in [-0.3, -0.25) is 14.3 Å². The second-order valence-electron chi connectivity index (χ2n) is 4.59. The number of phosphoric acid groups is 1. The number of nitrogens with zero attached hydrogens (tertiary/aromatic N) is 1. The van der Waals surface area contributed by atoms with Gasteiger partial charge in [-0.05, 0) is 0 Å². The molecule has 0 radical (unpaired) electrons. The fourth-order valence-electron chi connectivity index (χ4n) is 0.678. The van der Waals surface area contributed by atoms with E-state index in [0.717, 1.165) is 13.8 Å². The van der Waals surface area contributed by atoms with E-state index in [-0.39, 0.29) is 6.61 Å². The van der Waals surface area contributed by atoms with Crippen LogP contribution in [-0.4, -0.2) is 50.7 Å². The summed E-state index contributed by atoms with van der Waals surface area (Å²) in [5.41, 5.74) is 0. The van der Waals surface area contributed by atoms with Gasteiger partial charge in [0.1, 0.15) is 13.2 Å². The molecule has 0 saturated heterocycles. The third-order valence-electron chi connectivity index (χ3n) is 1.50. The Kier molecular flexibility index (Phi) is 7.17. The number of carbonyl (C=O) groups is 2. The molecule has 112 valence electrons. The molecule has 0 aromatic carbocycles. The zero-order valence-electron chi connectivity index (χ0n) is 11.6. The summed E-state index contributed by atoms with van der Waals surface area (Å²) in [6.07, 6.45) is 0. The molecule has 0 amide bonds. The second-order valence-corrected chi connectivity index (χ2v) is 6.04. The van der Waals surface area contributed by atoms with Gasteiger partial charge < -0.3 is 4.48 Å². The van der Waals surface area contributed by atoms with Gasteiger partial charge in [0.15, 0.2) is 0 Å². The molecule has 0 spiro atoms. The average Bonchev–Trinajstić information content (AvgIpc) is 2.22. The van der Waals surface area contributed by atoms with Crippen LogP contribution >= 0.6 is 7.82 Å². The molecule has 0 unspecified atom stereocenters. The van der Waals surface area contributed by atoms with Crippen LogP contribution in [0.2, 0.25) is 0 Å². The molecule has 0 aliphatic heterocycles. The van der Waals surface area contributed by atoms with E-state index in [1.807, 2.05) is 21.1 Å². The first-order valence-corrected chi connectivity index (χ1v) is 6.79. The minimum Gasteiger partial charge on any atom is -0.329 e. The molecule has 0 heterocycles. The normalized spacial score (nSPS) is 12.1. The van der Waals surface area contributed by atoms with Gasteiger partial charge >= 0.3 is 19.8 Å². The Morgan fingerprint density at radius 1 is 1.00 bits per heavy atom. The highest BCUT2D eigenvalue weighted by Gasteiger charge is 2.34. The standard InChI is InChI=1S/C9H19NO8P/c1-8(11)15-17-19(13,18-16-9(2)12)14-7-6-10(3,4)5/h6-7H2,1-5H3/q+1. The van der Waals surface area contributed by atoms with Crippen molar-refractivity contribution < 1.29 is 42.3 Å². The van der Waals surface area contributed by atoms with Crippen LogP contribution in [-0.2, 0) is 37.8 Å². The molecule has 0 aromatic rings. The third kappa shape index (κ3) is 10.6. The molecular formula is C9H19NO8P+. The molecule has 0 atom stereocenters. The highest BCUT2D eigenvalue weighted by molar-refractivity contribution is 7.48. The maximum atomic E-state index is 11.9. The summed E-state index contributed by atoms with van der Waals surface area (Å²) in [4.78, 5) is 29.3. The van der Waals surface area contributed by atoms with Gasteiger partial charge in [-0.1, -0.05) is 9.35 Å². The molecule has 0 aromatic heterocycles. The van der Waals surface area contributed by atoms with E-state index < -0.39 is 19.8 Å². The van der Waals surface area contributed by atoms with Crippen molar-refractivity contribution in [1.29, 1.82) is 0 Å². The summed E-state index contributed by atoms with van der Waals surface area (Å²) >= 11 is 0. The van der Waals surface area contributed by atoms with Gasteiger partial charge in [0.2, 0.25) is 0 Å². The lowest BCUT2D eigenvalue weighted by Crippen LogP contribution is -2.37. The molecule has 0 N–H and O–H groups in total. The number of quaternary nitrogens is 1. The Morgan fingerprint density at radius 3 is 1.74 bits per heavy atom.